The van der Waals surface area contributed by atoms with Crippen molar-refractivity contribution in [2.24, 2.45) is 16.7 Å². The van der Waals surface area contributed by atoms with Crippen molar-refractivity contribution in [3.8, 4) is 0 Å². The van der Waals surface area contributed by atoms with Crippen LogP contribution in [0.2, 0.25) is 0 Å². The van der Waals surface area contributed by atoms with E-state index in [1.807, 2.05) is 0 Å². The number of rotatable bonds is 14. The number of hydrogen-bond acceptors (Lipinski definition) is 17. The Bertz CT molecular complexity index is 2610. The molecule has 2 heterocycles. The van der Waals surface area contributed by atoms with Crippen molar-refractivity contribution < 1.29 is 76.9 Å². The number of benzene rings is 3. The molecule has 4 N–H and O–H groups in total. The Morgan fingerprint density at radius 1 is 0.836 bits per heavy atom. The van der Waals surface area contributed by atoms with Crippen molar-refractivity contribution in [2.75, 3.05) is 46.0 Å². The van der Waals surface area contributed by atoms with Gasteiger partial charge in [-0.3, -0.25) is 24.1 Å². The molecule has 2 saturated carbocycles. The summed E-state index contributed by atoms with van der Waals surface area (Å²) >= 11 is 0. The molecule has 73 heavy (non-hydrogen) atoms. The van der Waals surface area contributed by atoms with E-state index < -0.39 is 119 Å². The van der Waals surface area contributed by atoms with Gasteiger partial charge in [-0.25, -0.2) is 14.4 Å². The fraction of sp³-hybridized carbons (Fsp3) is 0.500. The summed E-state index contributed by atoms with van der Waals surface area (Å²) in [6, 6.07) is 22.9. The average Bonchev–Trinajstić information content (AvgIpc) is 3.36. The molecule has 2 amide bonds. The molecule has 2 saturated heterocycles. The maximum Gasteiger partial charge on any atom is 0.408 e. The lowest BCUT2D eigenvalue weighted by Gasteiger charge is -2.67. The van der Waals surface area contributed by atoms with E-state index in [0.29, 0.717) is 38.4 Å². The van der Waals surface area contributed by atoms with Crippen molar-refractivity contribution in [1.29, 1.82) is 0 Å². The number of morpholine rings is 1. The van der Waals surface area contributed by atoms with E-state index in [-0.39, 0.29) is 41.8 Å². The lowest BCUT2D eigenvalue weighted by molar-refractivity contribution is -0.346. The Labute approximate surface area is 422 Å². The number of nitrogens with one attached hydrogen (secondary N) is 2. The third kappa shape index (κ3) is 10.00. The minimum Gasteiger partial charge on any atom is -0.455 e. The van der Waals surface area contributed by atoms with E-state index in [4.69, 9.17) is 33.2 Å². The van der Waals surface area contributed by atoms with E-state index in [9.17, 15) is 34.2 Å². The fourth-order valence-corrected chi connectivity index (χ4v) is 11.6. The second-order valence-corrected chi connectivity index (χ2v) is 20.1. The van der Waals surface area contributed by atoms with Crippen LogP contribution in [0.5, 0.6) is 0 Å². The molecule has 8 rings (SSSR count). The first-order valence-corrected chi connectivity index (χ1v) is 24.5. The molecule has 4 fully saturated rings. The zero-order valence-electron chi connectivity index (χ0n) is 41.7. The summed E-state index contributed by atoms with van der Waals surface area (Å²) in [5.74, 6) is -6.97. The van der Waals surface area contributed by atoms with Gasteiger partial charge in [0.15, 0.2) is 17.5 Å². The highest BCUT2D eigenvalue weighted by molar-refractivity contribution is 5.96. The minimum absolute atomic E-state index is 0.0317. The largest absolute Gasteiger partial charge is 0.455 e. The van der Waals surface area contributed by atoms with Gasteiger partial charge in [-0.2, -0.15) is 0 Å². The average molecular weight is 1010 g/mol. The summed E-state index contributed by atoms with van der Waals surface area (Å²) < 4.78 is 42.3. The fourth-order valence-electron chi connectivity index (χ4n) is 11.6. The lowest BCUT2D eigenvalue weighted by Crippen LogP contribution is -2.82. The van der Waals surface area contributed by atoms with Crippen LogP contribution in [0.15, 0.2) is 102 Å². The van der Waals surface area contributed by atoms with Gasteiger partial charge in [0.2, 0.25) is 6.10 Å². The summed E-state index contributed by atoms with van der Waals surface area (Å²) in [4.78, 5) is 102. The summed E-state index contributed by atoms with van der Waals surface area (Å²) in [7, 11) is 0. The van der Waals surface area contributed by atoms with Gasteiger partial charge in [0.25, 0.3) is 5.91 Å². The summed E-state index contributed by atoms with van der Waals surface area (Å²) in [6.07, 6.45) is -11.8. The first kappa shape index (κ1) is 52.8. The number of carbonyl (C=O) groups excluding carboxylic acids is 7. The first-order chi connectivity index (χ1) is 34.7. The highest BCUT2D eigenvalue weighted by Gasteiger charge is 2.78. The molecule has 0 spiro atoms. The lowest BCUT2D eigenvalue weighted by atomic mass is 9.44. The summed E-state index contributed by atoms with van der Waals surface area (Å²) in [5, 5.41) is 31.8. The summed E-state index contributed by atoms with van der Waals surface area (Å²) in [6.45, 7) is 10.8. The Balaban J connectivity index is 1.26. The molecule has 2 aliphatic heterocycles. The molecule has 3 aliphatic carbocycles. The molecule has 5 aliphatic rings. The van der Waals surface area contributed by atoms with Crippen molar-refractivity contribution in [1.82, 2.24) is 15.5 Å². The Morgan fingerprint density at radius 2 is 1.45 bits per heavy atom. The maximum atomic E-state index is 15.8. The normalized spacial score (nSPS) is 30.2. The minimum atomic E-state index is -2.46. The van der Waals surface area contributed by atoms with E-state index in [1.54, 1.807) is 92.7 Å². The number of fused-ring (bicyclic) bond motifs is 5. The number of ketones is 1. The molecular formula is C54H63N3O16. The molecule has 3 aromatic rings. The third-order valence-electron chi connectivity index (χ3n) is 15.5. The predicted octanol–water partition coefficient (Wildman–Crippen LogP) is 3.80. The van der Waals surface area contributed by atoms with Crippen LogP contribution in [0.25, 0.3) is 0 Å². The van der Waals surface area contributed by atoms with Crippen molar-refractivity contribution >= 4 is 41.7 Å². The first-order valence-electron chi connectivity index (χ1n) is 24.5. The van der Waals surface area contributed by atoms with Crippen LogP contribution >= 0.6 is 0 Å². The van der Waals surface area contributed by atoms with E-state index >= 15 is 9.59 Å². The van der Waals surface area contributed by atoms with Crippen molar-refractivity contribution in [3.63, 3.8) is 0 Å². The number of ether oxygens (including phenoxy) is 7. The molecule has 390 valence electrons. The van der Waals surface area contributed by atoms with Gasteiger partial charge >= 0.3 is 30.0 Å². The highest BCUT2D eigenvalue weighted by Crippen LogP contribution is 2.64. The van der Waals surface area contributed by atoms with Crippen molar-refractivity contribution in [2.45, 2.75) is 108 Å². The van der Waals surface area contributed by atoms with Crippen LogP contribution in [0.4, 0.5) is 4.79 Å². The highest BCUT2D eigenvalue weighted by atomic mass is 16.6. The second kappa shape index (κ2) is 21.1. The molecule has 0 aromatic heterocycles. The van der Waals surface area contributed by atoms with Gasteiger partial charge in [0, 0.05) is 63.8 Å². The van der Waals surface area contributed by atoms with Gasteiger partial charge < -0.3 is 54.0 Å². The van der Waals surface area contributed by atoms with Crippen LogP contribution < -0.4 is 10.6 Å². The van der Waals surface area contributed by atoms with E-state index in [0.717, 1.165) is 13.8 Å². The molecule has 19 nitrogen and oxygen atoms in total. The molecule has 3 aromatic carbocycles. The Hall–Kier alpha value is -6.51. The number of Topliss-reactive ketones (excluding diaryl/α,β-unsaturated/α-hetero) is 1. The summed E-state index contributed by atoms with van der Waals surface area (Å²) in [5.41, 5.74) is -7.36. The van der Waals surface area contributed by atoms with Gasteiger partial charge in [-0.1, -0.05) is 80.6 Å². The third-order valence-corrected chi connectivity index (χ3v) is 15.5. The topological polar surface area (TPSA) is 252 Å². The number of aliphatic hydroxyl groups is 2. The van der Waals surface area contributed by atoms with Crippen LogP contribution in [-0.2, 0) is 52.3 Å². The molecule has 19 heteroatoms. The molecule has 2 bridgehead atoms. The quantitative estimate of drug-likeness (QED) is 0.102. The van der Waals surface area contributed by atoms with Crippen LogP contribution in [0.3, 0.4) is 0 Å². The number of alkyl carbamates (subject to hydrolysis) is 1. The Morgan fingerprint density at radius 3 is 2.04 bits per heavy atom. The monoisotopic (exact) mass is 1010 g/mol. The predicted molar refractivity (Wildman–Crippen MR) is 257 cm³/mol. The van der Waals surface area contributed by atoms with Crippen LogP contribution in [0.1, 0.15) is 86.7 Å². The smallest absolute Gasteiger partial charge is 0.408 e. The molecule has 0 unspecified atom stereocenters. The van der Waals surface area contributed by atoms with E-state index in [2.05, 4.69) is 15.5 Å². The standard InChI is InChI=1S/C54H63N3O16/c1-31-37(70-49(64)43(71-50(65)55-22-23-57-24-26-67-27-25-57)41(34-16-10-7-11-17-34)56-47(62)35-18-12-8-13-19-35)29-54(66)46(72-48(63)36-20-14-9-15-21-36)44-52(6,38(60)28-39-53(44,30-68-39)73-33(3)59)45(61)42(69-32(2)58)40(31)51(54,4)5/h7-21,37-39,41-44,46,60,66H,22-30H2,1-6H3,(H,55,65)(H,56,62)/t37-,38-,39+,41-,42+,43+,44-,46-,52+,53-,54+/m0/s1. The number of nitrogens with zero attached hydrogens (tertiary/aromatic N) is 1. The number of amides is 2. The SMILES string of the molecule is CC(=O)O[C@H]1C(=O)[C@@]2(C)[C@H]([C@H](OC(=O)c3ccccc3)[C@]3(O)C[C@H](OC(=O)[C@H](OC(=O)NCCN4CCOCC4)[C@@H](NC(=O)c4ccccc4)c4ccccc4)C(C)=C1C3(C)C)[C@]1(OC(C)=O)CO[C@@H]1C[C@@H]2O. The van der Waals surface area contributed by atoms with Crippen LogP contribution in [-0.4, -0.2) is 151 Å². The number of aliphatic hydroxyl groups excluding tert-OH is 1. The van der Waals surface area contributed by atoms with E-state index in [1.165, 1.54) is 26.0 Å². The number of esters is 4. The Kier molecular flexibility index (Phi) is 15.3. The maximum absolute atomic E-state index is 15.8. The van der Waals surface area contributed by atoms with Gasteiger partial charge in [0.1, 0.15) is 30.0 Å². The van der Waals surface area contributed by atoms with Gasteiger partial charge in [-0.05, 0) is 54.8 Å². The second-order valence-electron chi connectivity index (χ2n) is 20.1. The number of carbonyl (C=O) groups is 7. The molecular weight excluding hydrogens is 947 g/mol. The molecule has 0 radical (unpaired) electrons. The number of hydrogen-bond donors (Lipinski definition) is 4. The van der Waals surface area contributed by atoms with Crippen molar-refractivity contribution in [3.05, 3.63) is 119 Å². The molecule has 11 atom stereocenters. The van der Waals surface area contributed by atoms with Crippen LogP contribution in [0, 0.1) is 16.7 Å². The van der Waals surface area contributed by atoms with Gasteiger partial charge in [0.05, 0.1) is 42.8 Å². The zero-order chi connectivity index (χ0) is 52.5. The zero-order valence-corrected chi connectivity index (χ0v) is 41.7. The van der Waals surface area contributed by atoms with Gasteiger partial charge in [-0.15, -0.1) is 0 Å².